The Morgan fingerprint density at radius 1 is 1.47 bits per heavy atom. The second kappa shape index (κ2) is 4.50. The van der Waals surface area contributed by atoms with Gasteiger partial charge < -0.3 is 9.52 Å². The zero-order valence-electron chi connectivity index (χ0n) is 8.70. The fraction of sp³-hybridized carbons (Fsp3) is 0.0909. The van der Waals surface area contributed by atoms with Crippen molar-refractivity contribution in [1.82, 2.24) is 4.98 Å². The maximum atomic E-state index is 10.8. The number of aromatic carboxylic acids is 1. The number of oxazole rings is 1. The highest BCUT2D eigenvalue weighted by Crippen LogP contribution is 2.28. The molecule has 1 N–H and O–H groups in total. The van der Waals surface area contributed by atoms with E-state index in [1.165, 1.54) is 0 Å². The van der Waals surface area contributed by atoms with Gasteiger partial charge in [-0.25, -0.2) is 9.78 Å². The highest BCUT2D eigenvalue weighted by Gasteiger charge is 2.17. The molecule has 0 aliphatic carbocycles. The molecule has 88 valence electrons. The lowest BCUT2D eigenvalue weighted by Crippen LogP contribution is -1.98. The Morgan fingerprint density at radius 3 is 2.71 bits per heavy atom. The highest BCUT2D eigenvalue weighted by molar-refractivity contribution is 9.10. The second-order valence-corrected chi connectivity index (χ2v) is 4.74. The Bertz CT molecular complexity index is 574. The van der Waals surface area contributed by atoms with E-state index in [4.69, 9.17) is 21.1 Å². The molecule has 4 nitrogen and oxygen atoms in total. The van der Waals surface area contributed by atoms with Crippen LogP contribution in [-0.4, -0.2) is 16.1 Å². The number of hydrogen-bond acceptors (Lipinski definition) is 3. The van der Waals surface area contributed by atoms with Crippen molar-refractivity contribution in [1.29, 1.82) is 0 Å². The number of benzene rings is 1. The molecule has 1 heterocycles. The van der Waals surface area contributed by atoms with Crippen LogP contribution in [0.15, 0.2) is 27.1 Å². The topological polar surface area (TPSA) is 63.3 Å². The van der Waals surface area contributed by atoms with Gasteiger partial charge >= 0.3 is 5.97 Å². The minimum absolute atomic E-state index is 0.0869. The number of carboxylic acids is 1. The van der Waals surface area contributed by atoms with Gasteiger partial charge in [0.2, 0.25) is 5.89 Å². The SMILES string of the molecule is Cc1oc(-c2cc(Cl)cc(Br)c2)nc1C(=O)O. The first-order chi connectivity index (χ1) is 7.97. The van der Waals surface area contributed by atoms with Crippen LogP contribution in [0.2, 0.25) is 5.02 Å². The van der Waals surface area contributed by atoms with Gasteiger partial charge in [-0.1, -0.05) is 27.5 Å². The predicted octanol–water partition coefficient (Wildman–Crippen LogP) is 3.76. The largest absolute Gasteiger partial charge is 0.476 e. The molecular weight excluding hydrogens is 309 g/mol. The van der Waals surface area contributed by atoms with Gasteiger partial charge in [-0.15, -0.1) is 0 Å². The highest BCUT2D eigenvalue weighted by atomic mass is 79.9. The number of hydrogen-bond donors (Lipinski definition) is 1. The lowest BCUT2D eigenvalue weighted by Gasteiger charge is -1.98. The van der Waals surface area contributed by atoms with Gasteiger partial charge in [0, 0.05) is 15.1 Å². The Hall–Kier alpha value is -1.33. The van der Waals surface area contributed by atoms with E-state index in [0.29, 0.717) is 10.6 Å². The van der Waals surface area contributed by atoms with E-state index < -0.39 is 5.97 Å². The Balaban J connectivity index is 2.53. The lowest BCUT2D eigenvalue weighted by molar-refractivity contribution is 0.0689. The van der Waals surface area contributed by atoms with Crippen LogP contribution in [0.25, 0.3) is 11.5 Å². The zero-order valence-corrected chi connectivity index (χ0v) is 11.0. The summed E-state index contributed by atoms with van der Waals surface area (Å²) in [6.07, 6.45) is 0. The van der Waals surface area contributed by atoms with Crippen molar-refractivity contribution in [3.05, 3.63) is 39.1 Å². The quantitative estimate of drug-likeness (QED) is 0.916. The molecule has 6 heteroatoms. The van der Waals surface area contributed by atoms with Crippen LogP contribution < -0.4 is 0 Å². The van der Waals surface area contributed by atoms with Crippen molar-refractivity contribution in [3.63, 3.8) is 0 Å². The van der Waals surface area contributed by atoms with Crippen LogP contribution in [0.4, 0.5) is 0 Å². The van der Waals surface area contributed by atoms with Crippen molar-refractivity contribution < 1.29 is 14.3 Å². The smallest absolute Gasteiger partial charge is 0.358 e. The molecule has 0 radical (unpaired) electrons. The van der Waals surface area contributed by atoms with Crippen molar-refractivity contribution in [2.45, 2.75) is 6.92 Å². The maximum Gasteiger partial charge on any atom is 0.358 e. The molecule has 0 atom stereocenters. The molecule has 0 bridgehead atoms. The van der Waals surface area contributed by atoms with Crippen LogP contribution in [-0.2, 0) is 0 Å². The fourth-order valence-electron chi connectivity index (χ4n) is 1.40. The summed E-state index contributed by atoms with van der Waals surface area (Å²) in [4.78, 5) is 14.8. The Labute approximate surface area is 110 Å². The first-order valence-electron chi connectivity index (χ1n) is 4.64. The monoisotopic (exact) mass is 315 g/mol. The summed E-state index contributed by atoms with van der Waals surface area (Å²) in [6, 6.07) is 5.13. The first-order valence-corrected chi connectivity index (χ1v) is 5.81. The fourth-order valence-corrected chi connectivity index (χ4v) is 2.26. The van der Waals surface area contributed by atoms with E-state index >= 15 is 0 Å². The van der Waals surface area contributed by atoms with Gasteiger partial charge in [0.1, 0.15) is 5.76 Å². The summed E-state index contributed by atoms with van der Waals surface area (Å²) < 4.78 is 6.07. The lowest BCUT2D eigenvalue weighted by atomic mass is 10.2. The van der Waals surface area contributed by atoms with Crippen LogP contribution in [0.1, 0.15) is 16.2 Å². The molecule has 0 amide bonds. The molecule has 2 rings (SSSR count). The van der Waals surface area contributed by atoms with Gasteiger partial charge in [-0.2, -0.15) is 0 Å². The number of aromatic nitrogens is 1. The molecule has 0 fully saturated rings. The molecular formula is C11H7BrClNO3. The minimum atomic E-state index is -1.11. The van der Waals surface area contributed by atoms with Gasteiger partial charge in [0.15, 0.2) is 5.69 Å². The van der Waals surface area contributed by atoms with Gasteiger partial charge in [0.25, 0.3) is 0 Å². The van der Waals surface area contributed by atoms with Crippen LogP contribution in [0.3, 0.4) is 0 Å². The summed E-state index contributed by atoms with van der Waals surface area (Å²) in [5.74, 6) is -0.606. The summed E-state index contributed by atoms with van der Waals surface area (Å²) in [6.45, 7) is 1.56. The number of rotatable bonds is 2. The third-order valence-corrected chi connectivity index (χ3v) is 2.78. The third kappa shape index (κ3) is 2.50. The number of carboxylic acid groups (broad SMARTS) is 1. The predicted molar refractivity (Wildman–Crippen MR) is 66.3 cm³/mol. The van der Waals surface area contributed by atoms with Gasteiger partial charge in [-0.3, -0.25) is 0 Å². The standard InChI is InChI=1S/C11H7BrClNO3/c1-5-9(11(15)16)14-10(17-5)6-2-7(12)4-8(13)3-6/h2-4H,1H3,(H,15,16). The van der Waals surface area contributed by atoms with Crippen molar-refractivity contribution in [3.8, 4) is 11.5 Å². The van der Waals surface area contributed by atoms with Crippen LogP contribution in [0.5, 0.6) is 0 Å². The Kier molecular flexibility index (Phi) is 3.22. The van der Waals surface area contributed by atoms with Crippen LogP contribution >= 0.6 is 27.5 Å². The molecule has 17 heavy (non-hydrogen) atoms. The molecule has 0 aliphatic rings. The van der Waals surface area contributed by atoms with Gasteiger partial charge in [-0.05, 0) is 25.1 Å². The van der Waals surface area contributed by atoms with Crippen molar-refractivity contribution >= 4 is 33.5 Å². The van der Waals surface area contributed by atoms with Gasteiger partial charge in [0.05, 0.1) is 0 Å². The number of carbonyl (C=O) groups is 1. The van der Waals surface area contributed by atoms with E-state index in [1.54, 1.807) is 25.1 Å². The molecule has 0 saturated heterocycles. The average Bonchev–Trinajstić information content (AvgIpc) is 2.59. The van der Waals surface area contributed by atoms with Crippen molar-refractivity contribution in [2.75, 3.05) is 0 Å². The van der Waals surface area contributed by atoms with E-state index in [-0.39, 0.29) is 17.3 Å². The maximum absolute atomic E-state index is 10.8. The van der Waals surface area contributed by atoms with E-state index in [1.807, 2.05) is 0 Å². The zero-order chi connectivity index (χ0) is 12.6. The summed E-state index contributed by atoms with van der Waals surface area (Å²) in [5, 5.41) is 9.39. The number of aryl methyl sites for hydroxylation is 1. The number of halogens is 2. The Morgan fingerprint density at radius 2 is 2.18 bits per heavy atom. The van der Waals surface area contributed by atoms with Crippen LogP contribution in [0, 0.1) is 6.92 Å². The molecule has 2 aromatic rings. The van der Waals surface area contributed by atoms with E-state index in [9.17, 15) is 4.79 Å². The molecule has 1 aromatic heterocycles. The first kappa shape index (κ1) is 12.1. The average molecular weight is 317 g/mol. The summed E-state index contributed by atoms with van der Waals surface area (Å²) in [7, 11) is 0. The third-order valence-electron chi connectivity index (χ3n) is 2.11. The van der Waals surface area contributed by atoms with Crippen molar-refractivity contribution in [2.24, 2.45) is 0 Å². The summed E-state index contributed by atoms with van der Waals surface area (Å²) in [5.41, 5.74) is 0.538. The van der Waals surface area contributed by atoms with E-state index in [0.717, 1.165) is 4.47 Å². The molecule has 0 unspecified atom stereocenters. The molecule has 1 aromatic carbocycles. The second-order valence-electron chi connectivity index (χ2n) is 3.39. The summed E-state index contributed by atoms with van der Waals surface area (Å²) >= 11 is 9.19. The van der Waals surface area contributed by atoms with E-state index in [2.05, 4.69) is 20.9 Å². The molecule has 0 aliphatic heterocycles. The number of nitrogens with zero attached hydrogens (tertiary/aromatic N) is 1. The molecule has 0 spiro atoms. The minimum Gasteiger partial charge on any atom is -0.476 e. The molecule has 0 saturated carbocycles. The normalized spacial score (nSPS) is 10.5.